The van der Waals surface area contributed by atoms with Gasteiger partial charge in [0.25, 0.3) is 0 Å². The molecular weight excluding hydrogens is 212 g/mol. The van der Waals surface area contributed by atoms with Gasteiger partial charge in [-0.25, -0.2) is 0 Å². The summed E-state index contributed by atoms with van der Waals surface area (Å²) < 4.78 is 38.9. The molecule has 0 radical (unpaired) electrons. The van der Waals surface area contributed by atoms with E-state index in [1.54, 1.807) is 26.0 Å². The van der Waals surface area contributed by atoms with Crippen molar-refractivity contribution in [2.75, 3.05) is 0 Å². The highest BCUT2D eigenvalue weighted by Gasteiger charge is 2.30. The SMILES string of the molecule is CCc1cc(CC)c([B-](F)(F)F)c(CC)c1. The summed E-state index contributed by atoms with van der Waals surface area (Å²) in [5, 5.41) is 0. The largest absolute Gasteiger partial charge is 0.510 e. The van der Waals surface area contributed by atoms with Crippen molar-refractivity contribution in [2.24, 2.45) is 0 Å². The van der Waals surface area contributed by atoms with Crippen molar-refractivity contribution in [3.63, 3.8) is 0 Å². The summed E-state index contributed by atoms with van der Waals surface area (Å²) in [7, 11) is 0. The maximum Gasteiger partial charge on any atom is 0.510 e. The minimum Gasteiger partial charge on any atom is -0.445 e. The lowest BCUT2D eigenvalue weighted by Crippen LogP contribution is -2.39. The molecule has 0 saturated carbocycles. The zero-order valence-corrected chi connectivity index (χ0v) is 9.99. The van der Waals surface area contributed by atoms with E-state index < -0.39 is 6.98 Å². The van der Waals surface area contributed by atoms with Gasteiger partial charge in [-0.3, -0.25) is 0 Å². The predicted molar refractivity (Wildman–Crippen MR) is 63.3 cm³/mol. The Morgan fingerprint density at radius 2 is 1.31 bits per heavy atom. The molecule has 0 atom stereocenters. The van der Waals surface area contributed by atoms with Gasteiger partial charge >= 0.3 is 6.98 Å². The zero-order valence-electron chi connectivity index (χ0n) is 9.99. The summed E-state index contributed by atoms with van der Waals surface area (Å²) in [5.74, 6) is 0. The number of hydrogen-bond acceptors (Lipinski definition) is 0. The summed E-state index contributed by atoms with van der Waals surface area (Å²) in [6, 6.07) is 3.40. The van der Waals surface area contributed by atoms with E-state index in [2.05, 4.69) is 0 Å². The third-order valence-corrected chi connectivity index (χ3v) is 2.91. The molecule has 0 aromatic heterocycles. The third kappa shape index (κ3) is 2.60. The lowest BCUT2D eigenvalue weighted by atomic mass is 9.72. The Kier molecular flexibility index (Phi) is 4.06. The van der Waals surface area contributed by atoms with E-state index >= 15 is 0 Å². The maximum absolute atomic E-state index is 13.0. The van der Waals surface area contributed by atoms with Gasteiger partial charge in [-0.2, -0.15) is 0 Å². The van der Waals surface area contributed by atoms with Crippen LogP contribution >= 0.6 is 0 Å². The summed E-state index contributed by atoms with van der Waals surface area (Å²) in [6.07, 6.45) is 1.67. The number of benzene rings is 1. The molecule has 0 heterocycles. The smallest absolute Gasteiger partial charge is 0.445 e. The van der Waals surface area contributed by atoms with Crippen LogP contribution < -0.4 is 5.46 Å². The number of aryl methyl sites for hydroxylation is 3. The van der Waals surface area contributed by atoms with Crippen molar-refractivity contribution in [1.29, 1.82) is 0 Å². The van der Waals surface area contributed by atoms with Crippen LogP contribution in [0.1, 0.15) is 37.5 Å². The molecule has 0 fully saturated rings. The fraction of sp³-hybridized carbons (Fsp3) is 0.500. The van der Waals surface area contributed by atoms with Crippen molar-refractivity contribution in [3.05, 3.63) is 28.8 Å². The van der Waals surface area contributed by atoms with Crippen LogP contribution in [0, 0.1) is 0 Å². The molecule has 16 heavy (non-hydrogen) atoms. The number of halogens is 3. The van der Waals surface area contributed by atoms with E-state index in [1.807, 2.05) is 6.92 Å². The molecule has 0 unspecified atom stereocenters. The first-order valence-electron chi connectivity index (χ1n) is 5.78. The summed E-state index contributed by atoms with van der Waals surface area (Å²) in [6.45, 7) is 0.626. The number of rotatable bonds is 4. The summed E-state index contributed by atoms with van der Waals surface area (Å²) in [4.78, 5) is 0. The van der Waals surface area contributed by atoms with Gasteiger partial charge in [0.1, 0.15) is 0 Å². The fourth-order valence-electron chi connectivity index (χ4n) is 2.06. The highest BCUT2D eigenvalue weighted by atomic mass is 19.4. The van der Waals surface area contributed by atoms with Crippen LogP contribution in [-0.2, 0) is 19.3 Å². The Morgan fingerprint density at radius 1 is 0.875 bits per heavy atom. The van der Waals surface area contributed by atoms with Gasteiger partial charge in [0.15, 0.2) is 0 Å². The Balaban J connectivity index is 3.44. The average Bonchev–Trinajstić information content (AvgIpc) is 2.25. The molecule has 4 heteroatoms. The molecule has 0 aliphatic carbocycles. The van der Waals surface area contributed by atoms with Gasteiger partial charge in [-0.05, 0) is 24.8 Å². The van der Waals surface area contributed by atoms with Gasteiger partial charge in [0.2, 0.25) is 0 Å². The maximum atomic E-state index is 13.0. The van der Waals surface area contributed by atoms with Crippen LogP contribution in [0.4, 0.5) is 12.9 Å². The molecule has 0 amide bonds. The molecule has 0 nitrogen and oxygen atoms in total. The predicted octanol–water partition coefficient (Wildman–Crippen LogP) is 3.43. The standard InChI is InChI=1S/C12H17BF3/c1-4-9-7-10(5-2)12(13(14,15)16)11(6-3)8-9/h7-8H,4-6H2,1-3H3/q-1. The van der Waals surface area contributed by atoms with Crippen LogP contribution in [0.3, 0.4) is 0 Å². The molecule has 1 aromatic rings. The lowest BCUT2D eigenvalue weighted by Gasteiger charge is -2.24. The fourth-order valence-corrected chi connectivity index (χ4v) is 2.06. The van der Waals surface area contributed by atoms with E-state index in [9.17, 15) is 12.9 Å². The molecule has 0 N–H and O–H groups in total. The Labute approximate surface area is 94.9 Å². The van der Waals surface area contributed by atoms with Crippen molar-refractivity contribution in [3.8, 4) is 0 Å². The van der Waals surface area contributed by atoms with Crippen molar-refractivity contribution in [1.82, 2.24) is 0 Å². The van der Waals surface area contributed by atoms with E-state index in [0.717, 1.165) is 12.0 Å². The second kappa shape index (κ2) is 4.94. The first kappa shape index (κ1) is 13.1. The van der Waals surface area contributed by atoms with Crippen molar-refractivity contribution < 1.29 is 12.9 Å². The van der Waals surface area contributed by atoms with Gasteiger partial charge in [0, 0.05) is 0 Å². The average molecular weight is 229 g/mol. The first-order chi connectivity index (χ1) is 7.43. The topological polar surface area (TPSA) is 0 Å². The summed E-state index contributed by atoms with van der Waals surface area (Å²) >= 11 is 0. The molecular formula is C12H17BF3-. The second-order valence-corrected chi connectivity index (χ2v) is 3.96. The van der Waals surface area contributed by atoms with E-state index in [4.69, 9.17) is 0 Å². The lowest BCUT2D eigenvalue weighted by molar-refractivity contribution is 0.499. The highest BCUT2D eigenvalue weighted by Crippen LogP contribution is 2.19. The Morgan fingerprint density at radius 3 is 1.56 bits per heavy atom. The Hall–Kier alpha value is -0.925. The minimum atomic E-state index is -4.89. The van der Waals surface area contributed by atoms with Crippen LogP contribution in [0.5, 0.6) is 0 Å². The first-order valence-corrected chi connectivity index (χ1v) is 5.78. The monoisotopic (exact) mass is 229 g/mol. The van der Waals surface area contributed by atoms with Crippen molar-refractivity contribution in [2.45, 2.75) is 40.0 Å². The Bertz CT molecular complexity index is 344. The molecule has 90 valence electrons. The van der Waals surface area contributed by atoms with Crippen molar-refractivity contribution >= 4 is 12.4 Å². The molecule has 1 rings (SSSR count). The van der Waals surface area contributed by atoms with Crippen LogP contribution in [-0.4, -0.2) is 6.98 Å². The zero-order chi connectivity index (χ0) is 12.3. The quantitative estimate of drug-likeness (QED) is 0.694. The van der Waals surface area contributed by atoms with E-state index in [0.29, 0.717) is 24.0 Å². The highest BCUT2D eigenvalue weighted by molar-refractivity contribution is 6.74. The van der Waals surface area contributed by atoms with Gasteiger partial charge in [0.05, 0.1) is 0 Å². The molecule has 0 spiro atoms. The van der Waals surface area contributed by atoms with Crippen LogP contribution in [0.15, 0.2) is 12.1 Å². The molecule has 0 bridgehead atoms. The summed E-state index contributed by atoms with van der Waals surface area (Å²) in [5.41, 5.74) is 1.53. The molecule has 0 aliphatic heterocycles. The second-order valence-electron chi connectivity index (χ2n) is 3.96. The van der Waals surface area contributed by atoms with Gasteiger partial charge in [-0.1, -0.05) is 44.0 Å². The van der Waals surface area contributed by atoms with Crippen LogP contribution in [0.25, 0.3) is 0 Å². The molecule has 1 aromatic carbocycles. The van der Waals surface area contributed by atoms with E-state index in [1.165, 1.54) is 0 Å². The normalized spacial score (nSPS) is 11.9. The molecule has 0 saturated heterocycles. The minimum absolute atomic E-state index is 0.359. The van der Waals surface area contributed by atoms with Crippen LogP contribution in [0.2, 0.25) is 0 Å². The number of hydrogen-bond donors (Lipinski definition) is 0. The molecule has 0 aliphatic rings. The van der Waals surface area contributed by atoms with Gasteiger partial charge < -0.3 is 12.9 Å². The van der Waals surface area contributed by atoms with Gasteiger partial charge in [-0.15, -0.1) is 5.46 Å². The van der Waals surface area contributed by atoms with E-state index in [-0.39, 0.29) is 5.46 Å². The third-order valence-electron chi connectivity index (χ3n) is 2.91.